The van der Waals surface area contributed by atoms with E-state index in [0.717, 1.165) is 23.8 Å². The van der Waals surface area contributed by atoms with Gasteiger partial charge in [0.2, 0.25) is 0 Å². The lowest BCUT2D eigenvalue weighted by atomic mass is 10.0. The fourth-order valence-corrected chi connectivity index (χ4v) is 3.67. The largest absolute Gasteiger partial charge is 0.494 e. The van der Waals surface area contributed by atoms with Gasteiger partial charge in [0, 0.05) is 16.8 Å². The van der Waals surface area contributed by atoms with Gasteiger partial charge in [0.15, 0.2) is 0 Å². The molecule has 0 saturated heterocycles. The van der Waals surface area contributed by atoms with Crippen molar-refractivity contribution in [3.8, 4) is 5.75 Å². The first-order valence-corrected chi connectivity index (χ1v) is 10.5. The van der Waals surface area contributed by atoms with Crippen molar-refractivity contribution < 1.29 is 23.1 Å². The average molecular weight is 469 g/mol. The molecular formula is C25H19ClF2N2O3. The molecule has 1 aliphatic rings. The summed E-state index contributed by atoms with van der Waals surface area (Å²) in [7, 11) is 0. The lowest BCUT2D eigenvalue weighted by Crippen LogP contribution is -2.33. The van der Waals surface area contributed by atoms with Crippen LogP contribution in [-0.2, 0) is 9.59 Å². The number of nitrogens with one attached hydrogen (secondary N) is 1. The zero-order chi connectivity index (χ0) is 23.7. The molecule has 8 heteroatoms. The summed E-state index contributed by atoms with van der Waals surface area (Å²) in [6.45, 7) is 4.14. The van der Waals surface area contributed by atoms with Gasteiger partial charge in [-0.3, -0.25) is 9.59 Å². The predicted molar refractivity (Wildman–Crippen MR) is 123 cm³/mol. The Morgan fingerprint density at radius 1 is 0.970 bits per heavy atom. The number of carbonyl (C=O) groups excluding carboxylic acids is 2. The maximum absolute atomic E-state index is 14.5. The van der Waals surface area contributed by atoms with Crippen molar-refractivity contribution in [2.24, 2.45) is 0 Å². The molecule has 0 fully saturated rings. The maximum atomic E-state index is 14.5. The number of halogens is 3. The van der Waals surface area contributed by atoms with Crippen LogP contribution in [0.3, 0.4) is 0 Å². The molecule has 3 aromatic carbocycles. The van der Waals surface area contributed by atoms with Crippen LogP contribution in [0.15, 0.2) is 66.4 Å². The Hall–Kier alpha value is -3.71. The molecular weight excluding hydrogens is 450 g/mol. The van der Waals surface area contributed by atoms with Crippen molar-refractivity contribution >= 4 is 40.4 Å². The van der Waals surface area contributed by atoms with Gasteiger partial charge < -0.3 is 10.1 Å². The number of ether oxygens (including phenoxy) is 1. The molecule has 1 heterocycles. The van der Waals surface area contributed by atoms with Gasteiger partial charge in [-0.25, -0.2) is 13.7 Å². The summed E-state index contributed by atoms with van der Waals surface area (Å²) in [5.41, 5.74) is 1.19. The molecule has 2 amide bonds. The molecule has 0 spiro atoms. The Kier molecular flexibility index (Phi) is 6.16. The third-order valence-electron chi connectivity index (χ3n) is 5.13. The second-order valence-electron chi connectivity index (χ2n) is 7.34. The number of benzene rings is 3. The molecule has 1 N–H and O–H groups in total. The third-order valence-corrected chi connectivity index (χ3v) is 5.54. The van der Waals surface area contributed by atoms with E-state index in [1.165, 1.54) is 0 Å². The monoisotopic (exact) mass is 468 g/mol. The smallest absolute Gasteiger partial charge is 0.282 e. The summed E-state index contributed by atoms with van der Waals surface area (Å²) in [5.74, 6) is -2.68. The van der Waals surface area contributed by atoms with Crippen molar-refractivity contribution in [1.29, 1.82) is 0 Å². The summed E-state index contributed by atoms with van der Waals surface area (Å²) in [5, 5.41) is 3.41. The van der Waals surface area contributed by atoms with Crippen LogP contribution >= 0.6 is 11.6 Å². The maximum Gasteiger partial charge on any atom is 0.282 e. The van der Waals surface area contributed by atoms with Gasteiger partial charge in [0.25, 0.3) is 11.8 Å². The molecule has 0 aromatic heterocycles. The number of hydrogen-bond donors (Lipinski definition) is 1. The standard InChI is InChI=1S/C25H19ClF2N2O3/c1-3-33-18-9-5-15(6-10-18)22-23(29-17-8-4-14(2)19(26)13-17)25(32)30(24(22)31)21-12-16(27)7-11-20(21)28/h4-13,29H,3H2,1-2H3. The Balaban J connectivity index is 1.83. The van der Waals surface area contributed by atoms with Crippen LogP contribution in [0.5, 0.6) is 5.75 Å². The molecule has 33 heavy (non-hydrogen) atoms. The first kappa shape index (κ1) is 22.5. The van der Waals surface area contributed by atoms with Crippen LogP contribution in [0.1, 0.15) is 18.1 Å². The van der Waals surface area contributed by atoms with Crippen molar-refractivity contribution in [2.75, 3.05) is 16.8 Å². The highest BCUT2D eigenvalue weighted by molar-refractivity contribution is 6.46. The minimum atomic E-state index is -0.899. The Labute approximate surface area is 194 Å². The quantitative estimate of drug-likeness (QED) is 0.470. The van der Waals surface area contributed by atoms with Crippen LogP contribution < -0.4 is 15.0 Å². The highest BCUT2D eigenvalue weighted by Crippen LogP contribution is 2.36. The summed E-state index contributed by atoms with van der Waals surface area (Å²) in [4.78, 5) is 27.3. The van der Waals surface area contributed by atoms with E-state index in [9.17, 15) is 18.4 Å². The molecule has 0 bridgehead atoms. The number of hydrogen-bond acceptors (Lipinski definition) is 4. The van der Waals surface area contributed by atoms with E-state index in [2.05, 4.69) is 5.32 Å². The van der Waals surface area contributed by atoms with Gasteiger partial charge in [-0.15, -0.1) is 0 Å². The summed E-state index contributed by atoms with van der Waals surface area (Å²) in [6, 6.07) is 14.2. The van der Waals surface area contributed by atoms with Gasteiger partial charge in [-0.2, -0.15) is 0 Å². The van der Waals surface area contributed by atoms with Gasteiger partial charge in [0.05, 0.1) is 17.9 Å². The van der Waals surface area contributed by atoms with Gasteiger partial charge in [-0.05, 0) is 61.4 Å². The first-order chi connectivity index (χ1) is 15.8. The third kappa shape index (κ3) is 4.32. The summed E-state index contributed by atoms with van der Waals surface area (Å²) in [6.07, 6.45) is 0. The molecule has 3 aromatic rings. The highest BCUT2D eigenvalue weighted by atomic mass is 35.5. The summed E-state index contributed by atoms with van der Waals surface area (Å²) >= 11 is 6.20. The lowest BCUT2D eigenvalue weighted by Gasteiger charge is -2.16. The van der Waals surface area contributed by atoms with Crippen molar-refractivity contribution in [3.63, 3.8) is 0 Å². The number of carbonyl (C=O) groups is 2. The second kappa shape index (κ2) is 9.03. The molecule has 5 nitrogen and oxygen atoms in total. The highest BCUT2D eigenvalue weighted by Gasteiger charge is 2.41. The van der Waals surface area contributed by atoms with Crippen molar-refractivity contribution in [1.82, 2.24) is 0 Å². The normalized spacial score (nSPS) is 13.7. The van der Waals surface area contributed by atoms with E-state index < -0.39 is 29.1 Å². The second-order valence-corrected chi connectivity index (χ2v) is 7.75. The summed E-state index contributed by atoms with van der Waals surface area (Å²) < 4.78 is 33.8. The van der Waals surface area contributed by atoms with E-state index in [1.54, 1.807) is 42.5 Å². The molecule has 0 unspecified atom stereocenters. The first-order valence-electron chi connectivity index (χ1n) is 10.1. The van der Waals surface area contributed by atoms with E-state index in [1.807, 2.05) is 13.8 Å². The number of amides is 2. The molecule has 4 rings (SSSR count). The predicted octanol–water partition coefficient (Wildman–Crippen LogP) is 5.72. The van der Waals surface area contributed by atoms with E-state index in [0.29, 0.717) is 33.5 Å². The zero-order valence-corrected chi connectivity index (χ0v) is 18.5. The van der Waals surface area contributed by atoms with Crippen LogP contribution in [-0.4, -0.2) is 18.4 Å². The Morgan fingerprint density at radius 3 is 2.36 bits per heavy atom. The fourth-order valence-electron chi connectivity index (χ4n) is 3.49. The molecule has 0 saturated carbocycles. The molecule has 1 aliphatic heterocycles. The number of imide groups is 1. The molecule has 0 aliphatic carbocycles. The van der Waals surface area contributed by atoms with Crippen LogP contribution in [0.4, 0.5) is 20.2 Å². The number of anilines is 2. The van der Waals surface area contributed by atoms with E-state index in [-0.39, 0.29) is 11.3 Å². The van der Waals surface area contributed by atoms with Crippen LogP contribution in [0, 0.1) is 18.6 Å². The number of aryl methyl sites for hydroxylation is 1. The van der Waals surface area contributed by atoms with E-state index >= 15 is 0 Å². The zero-order valence-electron chi connectivity index (χ0n) is 17.8. The van der Waals surface area contributed by atoms with Crippen LogP contribution in [0.25, 0.3) is 5.57 Å². The number of rotatable bonds is 6. The fraction of sp³-hybridized carbons (Fsp3) is 0.120. The Bertz CT molecular complexity index is 1290. The molecule has 168 valence electrons. The van der Waals surface area contributed by atoms with Gasteiger partial charge >= 0.3 is 0 Å². The van der Waals surface area contributed by atoms with Crippen molar-refractivity contribution in [3.05, 3.63) is 94.1 Å². The van der Waals surface area contributed by atoms with Gasteiger partial charge in [0.1, 0.15) is 23.1 Å². The average Bonchev–Trinajstić information content (AvgIpc) is 3.03. The van der Waals surface area contributed by atoms with E-state index in [4.69, 9.17) is 16.3 Å². The van der Waals surface area contributed by atoms with Crippen molar-refractivity contribution in [2.45, 2.75) is 13.8 Å². The molecule has 0 radical (unpaired) electrons. The minimum Gasteiger partial charge on any atom is -0.494 e. The minimum absolute atomic E-state index is 0.0170. The SMILES string of the molecule is CCOc1ccc(C2=C(Nc3ccc(C)c(Cl)c3)C(=O)N(c3cc(F)ccc3F)C2=O)cc1. The van der Waals surface area contributed by atoms with Gasteiger partial charge in [-0.1, -0.05) is 29.8 Å². The Morgan fingerprint density at radius 2 is 1.70 bits per heavy atom. The molecule has 0 atom stereocenters. The topological polar surface area (TPSA) is 58.6 Å². The number of nitrogens with zero attached hydrogens (tertiary/aromatic N) is 1. The van der Waals surface area contributed by atoms with Crippen LogP contribution in [0.2, 0.25) is 5.02 Å². The lowest BCUT2D eigenvalue weighted by molar-refractivity contribution is -0.120.